The van der Waals surface area contributed by atoms with E-state index in [9.17, 15) is 19.0 Å². The molecule has 0 amide bonds. The van der Waals surface area contributed by atoms with Gasteiger partial charge in [0.1, 0.15) is 6.61 Å². The van der Waals surface area contributed by atoms with Crippen molar-refractivity contribution >= 4 is 19.8 Å². The highest BCUT2D eigenvalue weighted by Gasteiger charge is 2.24. The topological polar surface area (TPSA) is 108 Å². The average Bonchev–Trinajstić information content (AvgIpc) is 3.12. The number of hydrogen-bond donors (Lipinski definition) is 1. The number of unbranched alkanes of at least 4 members (excludes halogenated alkanes) is 18. The largest absolute Gasteiger partial charge is 0.472 e. The van der Waals surface area contributed by atoms with E-state index in [-0.39, 0.29) is 25.4 Å². The molecule has 0 aliphatic rings. The highest BCUT2D eigenvalue weighted by molar-refractivity contribution is 7.47. The number of phosphoric ester groups is 1. The van der Waals surface area contributed by atoms with Crippen LogP contribution >= 0.6 is 7.82 Å². The van der Waals surface area contributed by atoms with Crippen molar-refractivity contribution in [3.05, 3.63) is 48.6 Å². The second-order valence-electron chi connectivity index (χ2n) is 13.4. The number of ether oxygens (including phenoxy) is 2. The minimum absolute atomic E-state index is 0.231. The van der Waals surface area contributed by atoms with Crippen LogP contribution in [0.5, 0.6) is 0 Å². The minimum Gasteiger partial charge on any atom is -0.462 e. The molecule has 51 heavy (non-hydrogen) atoms. The van der Waals surface area contributed by atoms with Crippen LogP contribution in [0.25, 0.3) is 0 Å². The van der Waals surface area contributed by atoms with Gasteiger partial charge in [-0.25, -0.2) is 4.57 Å². The van der Waals surface area contributed by atoms with Gasteiger partial charge in [0.2, 0.25) is 0 Å². The summed E-state index contributed by atoms with van der Waals surface area (Å²) in [4.78, 5) is 34.4. The molecule has 296 valence electrons. The van der Waals surface area contributed by atoms with Gasteiger partial charge in [-0.2, -0.15) is 0 Å². The Balaban J connectivity index is 4.06. The maximum absolute atomic E-state index is 12.5. The Morgan fingerprint density at radius 3 is 1.51 bits per heavy atom. The first-order chi connectivity index (χ1) is 24.8. The molecule has 1 N–H and O–H groups in total. The third-order valence-corrected chi connectivity index (χ3v) is 9.49. The van der Waals surface area contributed by atoms with Crippen LogP contribution in [0.15, 0.2) is 48.6 Å². The van der Waals surface area contributed by atoms with E-state index in [0.717, 1.165) is 90.6 Å². The third kappa shape index (κ3) is 37.6. The van der Waals surface area contributed by atoms with Crippen molar-refractivity contribution in [1.29, 1.82) is 0 Å². The van der Waals surface area contributed by atoms with Gasteiger partial charge in [0, 0.05) is 20.0 Å². The number of allylic oxidation sites excluding steroid dienone is 8. The summed E-state index contributed by atoms with van der Waals surface area (Å²) in [6.45, 7) is 3.75. The molecular weight excluding hydrogens is 663 g/mol. The lowest BCUT2D eigenvalue weighted by atomic mass is 10.1. The molecule has 9 heteroatoms. The molecule has 2 atom stereocenters. The third-order valence-electron chi connectivity index (χ3n) is 8.56. The Hall–Kier alpha value is -1.99. The first kappa shape index (κ1) is 49.0. The van der Waals surface area contributed by atoms with Crippen LogP contribution in [0.1, 0.15) is 181 Å². The summed E-state index contributed by atoms with van der Waals surface area (Å²) in [7, 11) is -3.21. The molecule has 0 aromatic carbocycles. The zero-order valence-corrected chi connectivity index (χ0v) is 33.6. The van der Waals surface area contributed by atoms with Crippen LogP contribution < -0.4 is 0 Å². The molecule has 0 aliphatic heterocycles. The fourth-order valence-corrected chi connectivity index (χ4v) is 5.89. The first-order valence-corrected chi connectivity index (χ1v) is 21.8. The maximum Gasteiger partial charge on any atom is 0.472 e. The van der Waals surface area contributed by atoms with Gasteiger partial charge in [-0.05, 0) is 70.6 Å². The lowest BCUT2D eigenvalue weighted by Crippen LogP contribution is -2.29. The molecule has 2 unspecified atom stereocenters. The molecule has 0 heterocycles. The second-order valence-corrected chi connectivity index (χ2v) is 14.9. The summed E-state index contributed by atoms with van der Waals surface area (Å²) in [6.07, 6.45) is 44.4. The molecule has 0 radical (unpaired) electrons. The summed E-state index contributed by atoms with van der Waals surface area (Å²) in [5, 5.41) is 0. The van der Waals surface area contributed by atoms with Gasteiger partial charge < -0.3 is 14.4 Å². The Bertz CT molecular complexity index is 974. The van der Waals surface area contributed by atoms with E-state index in [4.69, 9.17) is 14.0 Å². The lowest BCUT2D eigenvalue weighted by molar-refractivity contribution is -0.161. The molecule has 8 nitrogen and oxygen atoms in total. The van der Waals surface area contributed by atoms with Gasteiger partial charge in [-0.1, -0.05) is 146 Å². The predicted molar refractivity (Wildman–Crippen MR) is 212 cm³/mol. The Morgan fingerprint density at radius 1 is 0.569 bits per heavy atom. The standard InChI is InChI=1S/C42H75O8P/c1-4-6-8-10-12-14-16-18-20-21-23-25-27-29-31-33-35-37-42(44)50-40(39-49-51(45,46)47-3)38-48-41(43)36-34-32-30-28-26-24-22-19-17-15-13-11-9-7-5-2/h6,8,12,14,18-20,22,40H,4-5,7,9-11,13,15-17,21,23-39H2,1-3H3,(H,45,46)/b8-6-,14-12-,20-18-,22-19-. The van der Waals surface area contributed by atoms with Gasteiger partial charge in [-0.3, -0.25) is 18.6 Å². The first-order valence-electron chi connectivity index (χ1n) is 20.3. The van der Waals surface area contributed by atoms with Crippen LogP contribution in [-0.2, 0) is 32.7 Å². The summed E-state index contributed by atoms with van der Waals surface area (Å²) in [6, 6.07) is 0. The molecule has 0 aliphatic carbocycles. The Morgan fingerprint density at radius 2 is 1.00 bits per heavy atom. The van der Waals surface area contributed by atoms with E-state index in [1.165, 1.54) is 64.2 Å². The summed E-state index contributed by atoms with van der Waals surface area (Å²) in [5.74, 6) is -0.826. The van der Waals surface area contributed by atoms with Gasteiger partial charge in [0.15, 0.2) is 6.10 Å². The fourth-order valence-electron chi connectivity index (χ4n) is 5.43. The molecule has 0 aromatic rings. The predicted octanol–water partition coefficient (Wildman–Crippen LogP) is 12.6. The lowest BCUT2D eigenvalue weighted by Gasteiger charge is -2.19. The summed E-state index contributed by atoms with van der Waals surface area (Å²) >= 11 is 0. The van der Waals surface area contributed by atoms with Crippen LogP contribution in [0.2, 0.25) is 0 Å². The molecule has 0 bridgehead atoms. The zero-order valence-electron chi connectivity index (χ0n) is 32.7. The van der Waals surface area contributed by atoms with Crippen molar-refractivity contribution < 1.29 is 37.6 Å². The van der Waals surface area contributed by atoms with Crippen LogP contribution in [0.3, 0.4) is 0 Å². The molecule has 0 fully saturated rings. The number of hydrogen-bond acceptors (Lipinski definition) is 7. The molecule has 0 spiro atoms. The Labute approximate surface area is 312 Å². The van der Waals surface area contributed by atoms with E-state index in [0.29, 0.717) is 6.42 Å². The van der Waals surface area contributed by atoms with E-state index in [1.54, 1.807) is 0 Å². The monoisotopic (exact) mass is 739 g/mol. The minimum atomic E-state index is -4.26. The van der Waals surface area contributed by atoms with E-state index in [2.05, 4.69) is 67.0 Å². The molecule has 0 saturated heterocycles. The number of esters is 2. The molecule has 0 saturated carbocycles. The number of carbonyl (C=O) groups excluding carboxylic acids is 2. The van der Waals surface area contributed by atoms with Gasteiger partial charge >= 0.3 is 19.8 Å². The average molecular weight is 739 g/mol. The highest BCUT2D eigenvalue weighted by atomic mass is 31.2. The molecular formula is C42H75O8P. The van der Waals surface area contributed by atoms with Gasteiger partial charge in [0.25, 0.3) is 0 Å². The van der Waals surface area contributed by atoms with Gasteiger partial charge in [0.05, 0.1) is 6.61 Å². The fraction of sp³-hybridized carbons (Fsp3) is 0.762. The Kier molecular flexibility index (Phi) is 36.3. The van der Waals surface area contributed by atoms with Gasteiger partial charge in [-0.15, -0.1) is 0 Å². The highest BCUT2D eigenvalue weighted by Crippen LogP contribution is 2.42. The van der Waals surface area contributed by atoms with Crippen molar-refractivity contribution in [3.8, 4) is 0 Å². The van der Waals surface area contributed by atoms with Crippen LogP contribution in [0.4, 0.5) is 0 Å². The summed E-state index contributed by atoms with van der Waals surface area (Å²) in [5.41, 5.74) is 0. The molecule has 0 rings (SSSR count). The summed E-state index contributed by atoms with van der Waals surface area (Å²) < 4.78 is 31.9. The smallest absolute Gasteiger partial charge is 0.462 e. The zero-order chi connectivity index (χ0) is 37.5. The van der Waals surface area contributed by atoms with Crippen molar-refractivity contribution in [1.82, 2.24) is 0 Å². The number of carbonyl (C=O) groups is 2. The second kappa shape index (κ2) is 37.8. The number of phosphoric acid groups is 1. The van der Waals surface area contributed by atoms with E-state index in [1.807, 2.05) is 0 Å². The van der Waals surface area contributed by atoms with Crippen LogP contribution in [-0.4, -0.2) is 43.3 Å². The van der Waals surface area contributed by atoms with Crippen molar-refractivity contribution in [2.75, 3.05) is 20.3 Å². The molecule has 0 aromatic heterocycles. The maximum atomic E-state index is 12.5. The van der Waals surface area contributed by atoms with Crippen molar-refractivity contribution in [2.45, 2.75) is 187 Å². The normalized spacial score (nSPS) is 13.9. The van der Waals surface area contributed by atoms with Crippen molar-refractivity contribution in [2.24, 2.45) is 0 Å². The number of rotatable bonds is 37. The quantitative estimate of drug-likeness (QED) is 0.0290. The van der Waals surface area contributed by atoms with Crippen LogP contribution in [0, 0.1) is 0 Å². The SMILES string of the molecule is CC/C=C\C/C=C\C/C=C\CCCCCCCCCC(=O)OC(COC(=O)CCCCCCC/C=C\CCCCCCCC)COP(=O)(O)OC. The van der Waals surface area contributed by atoms with E-state index < -0.39 is 26.5 Å². The van der Waals surface area contributed by atoms with E-state index >= 15 is 0 Å². The van der Waals surface area contributed by atoms with Crippen molar-refractivity contribution in [3.63, 3.8) is 0 Å².